The minimum absolute atomic E-state index is 0.0435. The van der Waals surface area contributed by atoms with E-state index in [1.165, 1.54) is 5.56 Å². The summed E-state index contributed by atoms with van der Waals surface area (Å²) in [6.07, 6.45) is 0.806. The predicted molar refractivity (Wildman–Crippen MR) is 87.3 cm³/mol. The Bertz CT molecular complexity index is 587. The normalized spacial score (nSPS) is 11.2. The van der Waals surface area contributed by atoms with Gasteiger partial charge in [0.2, 0.25) is 5.91 Å². The number of carbonyl (C=O) groups is 1. The summed E-state index contributed by atoms with van der Waals surface area (Å²) < 4.78 is -0.577. The summed E-state index contributed by atoms with van der Waals surface area (Å²) in [4.78, 5) is 12.1. The van der Waals surface area contributed by atoms with Crippen molar-refractivity contribution < 1.29 is 4.79 Å². The monoisotopic (exact) mass is 331 g/mol. The fourth-order valence-corrected chi connectivity index (χ4v) is 1.98. The summed E-state index contributed by atoms with van der Waals surface area (Å²) in [6.45, 7) is 3.67. The Balaban J connectivity index is 2.21. The Hall–Kier alpha value is -1.61. The van der Waals surface area contributed by atoms with Gasteiger partial charge in [0.05, 0.1) is 4.32 Å². The first-order chi connectivity index (χ1) is 9.47. The highest BCUT2D eigenvalue weighted by atomic mass is 79.9. The Kier molecular flexibility index (Phi) is 4.61. The first kappa shape index (κ1) is 14.8. The van der Waals surface area contributed by atoms with E-state index in [9.17, 15) is 4.79 Å². The Morgan fingerprint density at radius 2 is 1.65 bits per heavy atom. The Morgan fingerprint density at radius 3 is 2.30 bits per heavy atom. The minimum atomic E-state index is -0.577. The van der Waals surface area contributed by atoms with Gasteiger partial charge in [-0.1, -0.05) is 64.5 Å². The Labute approximate surface area is 128 Å². The standard InChI is InChI=1S/C17H18BrNO/c1-17(2,18)16(20)19-15-11-7-6-10-14(15)12-13-8-4-3-5-9-13/h3-11H,12H2,1-2H3,(H,19,20). The van der Waals surface area contributed by atoms with Gasteiger partial charge in [0.15, 0.2) is 0 Å². The SMILES string of the molecule is CC(C)(Br)C(=O)Nc1ccccc1Cc1ccccc1. The van der Waals surface area contributed by atoms with Gasteiger partial charge in [-0.05, 0) is 37.5 Å². The molecule has 104 valence electrons. The summed E-state index contributed by atoms with van der Waals surface area (Å²) in [5, 5.41) is 2.98. The zero-order valence-corrected chi connectivity index (χ0v) is 13.3. The molecule has 1 amide bonds. The third-order valence-corrected chi connectivity index (χ3v) is 3.40. The van der Waals surface area contributed by atoms with Gasteiger partial charge < -0.3 is 5.32 Å². The van der Waals surface area contributed by atoms with Crippen LogP contribution in [0.15, 0.2) is 54.6 Å². The smallest absolute Gasteiger partial charge is 0.240 e. The quantitative estimate of drug-likeness (QED) is 0.827. The van der Waals surface area contributed by atoms with Crippen molar-refractivity contribution in [1.29, 1.82) is 0 Å². The molecule has 0 saturated heterocycles. The maximum atomic E-state index is 12.1. The number of hydrogen-bond acceptors (Lipinski definition) is 1. The van der Waals surface area contributed by atoms with Crippen molar-refractivity contribution in [3.8, 4) is 0 Å². The van der Waals surface area contributed by atoms with Crippen molar-refractivity contribution in [2.75, 3.05) is 5.32 Å². The van der Waals surface area contributed by atoms with Crippen LogP contribution < -0.4 is 5.32 Å². The lowest BCUT2D eigenvalue weighted by atomic mass is 10.0. The molecule has 0 radical (unpaired) electrons. The fraction of sp³-hybridized carbons (Fsp3) is 0.235. The number of carbonyl (C=O) groups excluding carboxylic acids is 1. The van der Waals surface area contributed by atoms with E-state index >= 15 is 0 Å². The molecule has 0 bridgehead atoms. The van der Waals surface area contributed by atoms with Crippen molar-refractivity contribution in [3.63, 3.8) is 0 Å². The van der Waals surface area contributed by atoms with Crippen molar-refractivity contribution in [2.45, 2.75) is 24.6 Å². The summed E-state index contributed by atoms with van der Waals surface area (Å²) in [7, 11) is 0. The van der Waals surface area contributed by atoms with E-state index in [2.05, 4.69) is 33.4 Å². The van der Waals surface area contributed by atoms with E-state index in [1.54, 1.807) is 0 Å². The summed E-state index contributed by atoms with van der Waals surface area (Å²) in [5.74, 6) is -0.0435. The van der Waals surface area contributed by atoms with Gasteiger partial charge in [0.1, 0.15) is 0 Å². The van der Waals surface area contributed by atoms with Crippen LogP contribution in [0.5, 0.6) is 0 Å². The lowest BCUT2D eigenvalue weighted by molar-refractivity contribution is -0.117. The Morgan fingerprint density at radius 1 is 1.05 bits per heavy atom. The predicted octanol–water partition coefficient (Wildman–Crippen LogP) is 4.39. The van der Waals surface area contributed by atoms with Crippen molar-refractivity contribution >= 4 is 27.5 Å². The van der Waals surface area contributed by atoms with Crippen LogP contribution in [0.4, 0.5) is 5.69 Å². The molecule has 0 atom stereocenters. The van der Waals surface area contributed by atoms with Gasteiger partial charge in [-0.3, -0.25) is 4.79 Å². The lowest BCUT2D eigenvalue weighted by Gasteiger charge is -2.18. The highest BCUT2D eigenvalue weighted by molar-refractivity contribution is 9.10. The molecule has 0 aliphatic carbocycles. The highest BCUT2D eigenvalue weighted by Crippen LogP contribution is 2.23. The van der Waals surface area contributed by atoms with Crippen molar-refractivity contribution in [1.82, 2.24) is 0 Å². The number of nitrogens with one attached hydrogen (secondary N) is 1. The van der Waals surface area contributed by atoms with Crippen LogP contribution in [0, 0.1) is 0 Å². The van der Waals surface area contributed by atoms with Crippen LogP contribution >= 0.6 is 15.9 Å². The number of alkyl halides is 1. The van der Waals surface area contributed by atoms with Gasteiger partial charge in [-0.2, -0.15) is 0 Å². The van der Waals surface area contributed by atoms with Gasteiger partial charge in [-0.25, -0.2) is 0 Å². The maximum absolute atomic E-state index is 12.1. The molecule has 2 aromatic rings. The zero-order chi connectivity index (χ0) is 14.6. The molecule has 0 aliphatic heterocycles. The third-order valence-electron chi connectivity index (χ3n) is 3.04. The van der Waals surface area contributed by atoms with E-state index in [0.29, 0.717) is 0 Å². The van der Waals surface area contributed by atoms with E-state index in [1.807, 2.05) is 56.3 Å². The average Bonchev–Trinajstić information content (AvgIpc) is 2.41. The van der Waals surface area contributed by atoms with Crippen molar-refractivity contribution in [3.05, 3.63) is 65.7 Å². The second kappa shape index (κ2) is 6.23. The maximum Gasteiger partial charge on any atom is 0.240 e. The van der Waals surface area contributed by atoms with Gasteiger partial charge >= 0.3 is 0 Å². The molecule has 0 aromatic heterocycles. The zero-order valence-electron chi connectivity index (χ0n) is 11.7. The van der Waals surface area contributed by atoms with Crippen LogP contribution in [0.3, 0.4) is 0 Å². The van der Waals surface area contributed by atoms with Crippen LogP contribution in [0.25, 0.3) is 0 Å². The van der Waals surface area contributed by atoms with E-state index in [4.69, 9.17) is 0 Å². The lowest BCUT2D eigenvalue weighted by Crippen LogP contribution is -2.31. The van der Waals surface area contributed by atoms with Crippen LogP contribution in [-0.4, -0.2) is 10.2 Å². The molecule has 3 heteroatoms. The molecular weight excluding hydrogens is 314 g/mol. The second-order valence-corrected chi connectivity index (χ2v) is 7.23. The van der Waals surface area contributed by atoms with Gasteiger partial charge in [0.25, 0.3) is 0 Å². The topological polar surface area (TPSA) is 29.1 Å². The number of para-hydroxylation sites is 1. The van der Waals surface area contributed by atoms with E-state index in [-0.39, 0.29) is 5.91 Å². The first-order valence-electron chi connectivity index (χ1n) is 6.59. The summed E-state index contributed by atoms with van der Waals surface area (Å²) >= 11 is 3.38. The van der Waals surface area contributed by atoms with E-state index in [0.717, 1.165) is 17.7 Å². The minimum Gasteiger partial charge on any atom is -0.325 e. The average molecular weight is 332 g/mol. The molecule has 0 aliphatic rings. The van der Waals surface area contributed by atoms with Gasteiger partial charge in [0, 0.05) is 5.69 Å². The molecule has 0 spiro atoms. The number of halogens is 1. The van der Waals surface area contributed by atoms with Crippen molar-refractivity contribution in [2.24, 2.45) is 0 Å². The molecule has 2 rings (SSSR count). The molecule has 2 nitrogen and oxygen atoms in total. The molecule has 0 unspecified atom stereocenters. The summed E-state index contributed by atoms with van der Waals surface area (Å²) in [6, 6.07) is 18.2. The molecule has 0 fully saturated rings. The van der Waals surface area contributed by atoms with Crippen LogP contribution in [0.2, 0.25) is 0 Å². The molecule has 0 saturated carbocycles. The number of hydrogen-bond donors (Lipinski definition) is 1. The second-order valence-electron chi connectivity index (χ2n) is 5.25. The number of anilines is 1. The number of amides is 1. The first-order valence-corrected chi connectivity index (χ1v) is 7.38. The molecule has 0 heterocycles. The molecular formula is C17H18BrNO. The fourth-order valence-electron chi connectivity index (χ4n) is 1.88. The largest absolute Gasteiger partial charge is 0.325 e. The van der Waals surface area contributed by atoms with Crippen LogP contribution in [-0.2, 0) is 11.2 Å². The third kappa shape index (κ3) is 3.94. The van der Waals surface area contributed by atoms with Gasteiger partial charge in [-0.15, -0.1) is 0 Å². The molecule has 1 N–H and O–H groups in total. The molecule has 2 aromatic carbocycles. The van der Waals surface area contributed by atoms with Crippen LogP contribution in [0.1, 0.15) is 25.0 Å². The summed E-state index contributed by atoms with van der Waals surface area (Å²) in [5.41, 5.74) is 3.21. The highest BCUT2D eigenvalue weighted by Gasteiger charge is 2.24. The number of rotatable bonds is 4. The molecule has 20 heavy (non-hydrogen) atoms. The van der Waals surface area contributed by atoms with E-state index < -0.39 is 4.32 Å². The number of benzene rings is 2.